The second-order valence-electron chi connectivity index (χ2n) is 10.8. The molecule has 1 N–H and O–H groups in total. The number of carbonyl (C=O) groups excluding carboxylic acids is 2. The lowest BCUT2D eigenvalue weighted by Gasteiger charge is -2.28. The number of aromatic nitrogens is 2. The van der Waals surface area contributed by atoms with E-state index in [1.54, 1.807) is 4.90 Å². The number of Topliss-reactive ketones (excluding diaryl/α,β-unsaturated/α-hetero) is 1. The fourth-order valence-electron chi connectivity index (χ4n) is 5.09. The minimum absolute atomic E-state index is 0.0331. The van der Waals surface area contributed by atoms with Gasteiger partial charge in [0, 0.05) is 19.3 Å². The number of aryl methyl sites for hydroxylation is 2. The molecule has 7 heteroatoms. The summed E-state index contributed by atoms with van der Waals surface area (Å²) in [6.07, 6.45) is 1.88. The Labute approximate surface area is 219 Å². The van der Waals surface area contributed by atoms with E-state index < -0.39 is 17.7 Å². The SMILES string of the molecule is CCN(CC)CCN1C(=O)C(=O)/C(=C(/O)c2nc3c(C)cccn3c2C)C1c1ccc(C(C)(C)C)cc1. The largest absolute Gasteiger partial charge is 0.505 e. The first-order valence-electron chi connectivity index (χ1n) is 13.0. The average molecular weight is 503 g/mol. The molecule has 1 saturated heterocycles. The molecule has 1 atom stereocenters. The third-order valence-corrected chi connectivity index (χ3v) is 7.49. The number of aliphatic hydroxyl groups excluding tert-OH is 1. The van der Waals surface area contributed by atoms with Gasteiger partial charge >= 0.3 is 0 Å². The summed E-state index contributed by atoms with van der Waals surface area (Å²) >= 11 is 0. The number of fused-ring (bicyclic) bond motifs is 1. The van der Waals surface area contributed by atoms with Gasteiger partial charge in [-0.3, -0.25) is 9.59 Å². The summed E-state index contributed by atoms with van der Waals surface area (Å²) < 4.78 is 1.90. The van der Waals surface area contributed by atoms with Crippen molar-refractivity contribution in [1.82, 2.24) is 19.2 Å². The topological polar surface area (TPSA) is 78.2 Å². The molecule has 1 aromatic carbocycles. The summed E-state index contributed by atoms with van der Waals surface area (Å²) in [5, 5.41) is 11.6. The number of likely N-dealkylation sites (tertiary alicyclic amines) is 1. The molecule has 0 bridgehead atoms. The molecule has 3 aromatic rings. The minimum Gasteiger partial charge on any atom is -0.505 e. The zero-order valence-corrected chi connectivity index (χ0v) is 23.0. The molecule has 1 aliphatic heterocycles. The lowest BCUT2D eigenvalue weighted by atomic mass is 9.85. The number of rotatable bonds is 7. The first kappa shape index (κ1) is 26.6. The average Bonchev–Trinajstić information content (AvgIpc) is 3.34. The summed E-state index contributed by atoms with van der Waals surface area (Å²) in [5.41, 5.74) is 4.72. The fourth-order valence-corrected chi connectivity index (χ4v) is 5.09. The van der Waals surface area contributed by atoms with Crippen molar-refractivity contribution in [3.63, 3.8) is 0 Å². The number of carbonyl (C=O) groups is 2. The molecule has 3 heterocycles. The van der Waals surface area contributed by atoms with Crippen molar-refractivity contribution in [2.75, 3.05) is 26.2 Å². The van der Waals surface area contributed by atoms with Gasteiger partial charge in [0.15, 0.2) is 5.76 Å². The maximum Gasteiger partial charge on any atom is 0.295 e. The first-order chi connectivity index (χ1) is 17.5. The zero-order chi connectivity index (χ0) is 27.1. The van der Waals surface area contributed by atoms with Gasteiger partial charge < -0.3 is 19.3 Å². The van der Waals surface area contributed by atoms with Gasteiger partial charge in [0.05, 0.1) is 17.3 Å². The minimum atomic E-state index is -0.685. The molecular formula is C30H38N4O3. The van der Waals surface area contributed by atoms with Gasteiger partial charge in [0.1, 0.15) is 11.3 Å². The molecule has 0 radical (unpaired) electrons. The predicted molar refractivity (Wildman–Crippen MR) is 147 cm³/mol. The summed E-state index contributed by atoms with van der Waals surface area (Å²) in [4.78, 5) is 35.3. The number of ketones is 1. The van der Waals surface area contributed by atoms with Gasteiger partial charge in [-0.25, -0.2) is 4.98 Å². The van der Waals surface area contributed by atoms with Gasteiger partial charge in [-0.15, -0.1) is 0 Å². The van der Waals surface area contributed by atoms with Gasteiger partial charge in [-0.05, 0) is 55.1 Å². The molecule has 2 aromatic heterocycles. The quantitative estimate of drug-likeness (QED) is 0.279. The van der Waals surface area contributed by atoms with E-state index in [4.69, 9.17) is 0 Å². The van der Waals surface area contributed by atoms with Crippen molar-refractivity contribution in [2.45, 2.75) is 59.9 Å². The Morgan fingerprint density at radius 3 is 2.27 bits per heavy atom. The number of hydrogen-bond donors (Lipinski definition) is 1. The van der Waals surface area contributed by atoms with Crippen LogP contribution >= 0.6 is 0 Å². The van der Waals surface area contributed by atoms with Crippen LogP contribution in [0.5, 0.6) is 0 Å². The number of imidazole rings is 1. The molecule has 0 saturated carbocycles. The van der Waals surface area contributed by atoms with Crippen molar-refractivity contribution >= 4 is 23.1 Å². The van der Waals surface area contributed by atoms with Crippen LogP contribution in [0.1, 0.15) is 68.7 Å². The van der Waals surface area contributed by atoms with E-state index in [0.717, 1.165) is 29.8 Å². The van der Waals surface area contributed by atoms with Gasteiger partial charge in [0.2, 0.25) is 0 Å². The number of hydrogen-bond acceptors (Lipinski definition) is 5. The van der Waals surface area contributed by atoms with Crippen LogP contribution in [0.25, 0.3) is 11.4 Å². The van der Waals surface area contributed by atoms with Crippen molar-refractivity contribution in [1.29, 1.82) is 0 Å². The highest BCUT2D eigenvalue weighted by Crippen LogP contribution is 2.40. The van der Waals surface area contributed by atoms with Crippen LogP contribution in [0.2, 0.25) is 0 Å². The van der Waals surface area contributed by atoms with Crippen LogP contribution in [-0.4, -0.2) is 62.2 Å². The lowest BCUT2D eigenvalue weighted by Crippen LogP contribution is -2.38. The highest BCUT2D eigenvalue weighted by molar-refractivity contribution is 6.46. The van der Waals surface area contributed by atoms with Gasteiger partial charge in [-0.2, -0.15) is 0 Å². The molecule has 0 aliphatic carbocycles. The van der Waals surface area contributed by atoms with E-state index in [0.29, 0.717) is 30.1 Å². The second-order valence-corrected chi connectivity index (χ2v) is 10.8. The van der Waals surface area contributed by atoms with Crippen molar-refractivity contribution in [2.24, 2.45) is 0 Å². The number of amides is 1. The highest BCUT2D eigenvalue weighted by atomic mass is 16.3. The van der Waals surface area contributed by atoms with Crippen molar-refractivity contribution in [3.05, 3.63) is 76.2 Å². The molecule has 1 amide bonds. The lowest BCUT2D eigenvalue weighted by molar-refractivity contribution is -0.140. The van der Waals surface area contributed by atoms with Crippen molar-refractivity contribution in [3.8, 4) is 0 Å². The molecule has 196 valence electrons. The van der Waals surface area contributed by atoms with E-state index in [-0.39, 0.29) is 16.7 Å². The number of pyridine rings is 1. The summed E-state index contributed by atoms with van der Waals surface area (Å²) in [6.45, 7) is 17.1. The Hall–Kier alpha value is -3.45. The molecule has 0 spiro atoms. The monoisotopic (exact) mass is 502 g/mol. The van der Waals surface area contributed by atoms with E-state index >= 15 is 0 Å². The predicted octanol–water partition coefficient (Wildman–Crippen LogP) is 5.01. The summed E-state index contributed by atoms with van der Waals surface area (Å²) in [5.74, 6) is -1.49. The molecule has 7 nitrogen and oxygen atoms in total. The molecular weight excluding hydrogens is 464 g/mol. The molecule has 4 rings (SSSR count). The van der Waals surface area contributed by atoms with Gasteiger partial charge in [0.25, 0.3) is 11.7 Å². The molecule has 37 heavy (non-hydrogen) atoms. The Bertz CT molecular complexity index is 1360. The highest BCUT2D eigenvalue weighted by Gasteiger charge is 2.46. The Morgan fingerprint density at radius 2 is 1.70 bits per heavy atom. The van der Waals surface area contributed by atoms with E-state index in [1.165, 1.54) is 0 Å². The summed E-state index contributed by atoms with van der Waals surface area (Å²) in [7, 11) is 0. The molecule has 1 aliphatic rings. The maximum absolute atomic E-state index is 13.5. The Morgan fingerprint density at radius 1 is 1.05 bits per heavy atom. The van der Waals surface area contributed by atoms with Gasteiger partial charge in [-0.1, -0.05) is 65.0 Å². The number of benzene rings is 1. The second kappa shape index (κ2) is 10.1. The first-order valence-corrected chi connectivity index (χ1v) is 13.0. The smallest absolute Gasteiger partial charge is 0.295 e. The van der Waals surface area contributed by atoms with Crippen LogP contribution < -0.4 is 0 Å². The number of likely N-dealkylation sites (N-methyl/N-ethyl adjacent to an activating group) is 1. The van der Waals surface area contributed by atoms with Crippen LogP contribution in [0.4, 0.5) is 0 Å². The number of aliphatic hydroxyl groups is 1. The van der Waals surface area contributed by atoms with Crippen LogP contribution in [0, 0.1) is 13.8 Å². The third-order valence-electron chi connectivity index (χ3n) is 7.49. The Kier molecular flexibility index (Phi) is 7.29. The number of nitrogens with zero attached hydrogens (tertiary/aromatic N) is 4. The van der Waals surface area contributed by atoms with Crippen LogP contribution in [0.15, 0.2) is 48.2 Å². The molecule has 1 fully saturated rings. The van der Waals surface area contributed by atoms with E-state index in [2.05, 4.69) is 44.5 Å². The maximum atomic E-state index is 13.5. The zero-order valence-electron chi connectivity index (χ0n) is 23.0. The normalized spacial score (nSPS) is 17.9. The van der Waals surface area contributed by atoms with Crippen molar-refractivity contribution < 1.29 is 14.7 Å². The Balaban J connectivity index is 1.87. The third kappa shape index (κ3) is 4.80. The van der Waals surface area contributed by atoms with E-state index in [9.17, 15) is 14.7 Å². The van der Waals surface area contributed by atoms with Crippen LogP contribution in [-0.2, 0) is 15.0 Å². The fraction of sp³-hybridized carbons (Fsp3) is 0.433. The summed E-state index contributed by atoms with van der Waals surface area (Å²) in [6, 6.07) is 11.2. The van der Waals surface area contributed by atoms with E-state index in [1.807, 2.05) is 60.8 Å². The molecule has 1 unspecified atom stereocenters. The standard InChI is InChI=1S/C30H38N4O3/c1-8-32(9-2)17-18-34-25(21-12-14-22(15-13-21)30(5,6)7)23(27(36)29(34)37)26(35)24-20(4)33-16-10-11-19(3)28(33)31-24/h10-16,25,35H,8-9,17-18H2,1-7H3/b26-23+. The van der Waals surface area contributed by atoms with Crippen LogP contribution in [0.3, 0.4) is 0 Å².